The predicted molar refractivity (Wildman–Crippen MR) is 145 cm³/mol. The largest absolute Gasteiger partial charge is 0.483 e. The Morgan fingerprint density at radius 1 is 0.917 bits per heavy atom. The van der Waals surface area contributed by atoms with Gasteiger partial charge in [-0.05, 0) is 62.4 Å². The summed E-state index contributed by atoms with van der Waals surface area (Å²) in [5, 5.41) is 3.10. The molecule has 0 fully saturated rings. The van der Waals surface area contributed by atoms with Crippen molar-refractivity contribution < 1.29 is 14.3 Å². The maximum Gasteiger partial charge on any atom is 0.261 e. The standard InChI is InChI=1S/C31H38N2O3/c1-6-25(5)32-31(35)28(19-26-13-8-7-9-14-26)33(20-27-15-11-10-12-23(27)3)30(34)21-36-29-17-16-22(2)18-24(29)4/h7-18,25,28H,6,19-21H2,1-5H3,(H,32,35)/t25-,28+/m1/s1. The van der Waals surface area contributed by atoms with Gasteiger partial charge in [-0.2, -0.15) is 0 Å². The number of carbonyl (C=O) groups excluding carboxylic acids is 2. The zero-order chi connectivity index (χ0) is 26.1. The Labute approximate surface area is 215 Å². The van der Waals surface area contributed by atoms with Crippen LogP contribution in [0.1, 0.15) is 48.1 Å². The van der Waals surface area contributed by atoms with Gasteiger partial charge >= 0.3 is 0 Å². The zero-order valence-electron chi connectivity index (χ0n) is 22.1. The molecular weight excluding hydrogens is 448 g/mol. The van der Waals surface area contributed by atoms with E-state index in [0.29, 0.717) is 18.7 Å². The van der Waals surface area contributed by atoms with Crippen molar-refractivity contribution in [3.63, 3.8) is 0 Å². The van der Waals surface area contributed by atoms with E-state index in [1.807, 2.05) is 107 Å². The molecule has 0 aliphatic carbocycles. The van der Waals surface area contributed by atoms with E-state index < -0.39 is 6.04 Å². The highest BCUT2D eigenvalue weighted by atomic mass is 16.5. The van der Waals surface area contributed by atoms with Gasteiger partial charge in [0.25, 0.3) is 5.91 Å². The van der Waals surface area contributed by atoms with Gasteiger partial charge in [-0.15, -0.1) is 0 Å². The summed E-state index contributed by atoms with van der Waals surface area (Å²) in [4.78, 5) is 29.0. The number of amides is 2. The van der Waals surface area contributed by atoms with E-state index in [2.05, 4.69) is 5.32 Å². The Balaban J connectivity index is 1.93. The number of ether oxygens (including phenoxy) is 1. The topological polar surface area (TPSA) is 58.6 Å². The number of rotatable bonds is 11. The molecule has 0 aliphatic heterocycles. The number of aryl methyl sites for hydroxylation is 3. The molecular formula is C31H38N2O3. The molecule has 0 heterocycles. The minimum absolute atomic E-state index is 0.0117. The van der Waals surface area contributed by atoms with E-state index in [0.717, 1.165) is 34.2 Å². The first kappa shape index (κ1) is 27.0. The van der Waals surface area contributed by atoms with Gasteiger partial charge in [-0.3, -0.25) is 9.59 Å². The maximum absolute atomic E-state index is 13.7. The van der Waals surface area contributed by atoms with Crippen LogP contribution in [0.15, 0.2) is 72.8 Å². The van der Waals surface area contributed by atoms with E-state index in [1.54, 1.807) is 4.90 Å². The lowest BCUT2D eigenvalue weighted by Gasteiger charge is -2.32. The maximum atomic E-state index is 13.7. The van der Waals surface area contributed by atoms with Gasteiger partial charge < -0.3 is 15.0 Å². The molecule has 0 bridgehead atoms. The Morgan fingerprint density at radius 2 is 1.61 bits per heavy atom. The lowest BCUT2D eigenvalue weighted by Crippen LogP contribution is -2.53. The second-order valence-electron chi connectivity index (χ2n) is 9.53. The number of hydrogen-bond donors (Lipinski definition) is 1. The summed E-state index contributed by atoms with van der Waals surface area (Å²) in [6, 6.07) is 23.0. The van der Waals surface area contributed by atoms with Gasteiger partial charge in [0.15, 0.2) is 6.61 Å². The van der Waals surface area contributed by atoms with Crippen molar-refractivity contribution in [2.45, 2.75) is 66.1 Å². The summed E-state index contributed by atoms with van der Waals surface area (Å²) in [6.45, 7) is 10.2. The molecule has 0 unspecified atom stereocenters. The molecule has 3 aromatic carbocycles. The second kappa shape index (κ2) is 12.9. The molecule has 0 saturated heterocycles. The van der Waals surface area contributed by atoms with Crippen LogP contribution >= 0.6 is 0 Å². The predicted octanol–water partition coefficient (Wildman–Crippen LogP) is 5.55. The van der Waals surface area contributed by atoms with Gasteiger partial charge in [-0.25, -0.2) is 0 Å². The third-order valence-corrected chi connectivity index (χ3v) is 6.56. The lowest BCUT2D eigenvalue weighted by molar-refractivity contribution is -0.143. The molecule has 2 amide bonds. The van der Waals surface area contributed by atoms with Crippen molar-refractivity contribution in [1.29, 1.82) is 0 Å². The fraction of sp³-hybridized carbons (Fsp3) is 0.355. The fourth-order valence-electron chi connectivity index (χ4n) is 4.15. The van der Waals surface area contributed by atoms with Crippen molar-refractivity contribution in [2.75, 3.05) is 6.61 Å². The SMILES string of the molecule is CC[C@@H](C)NC(=O)[C@H](Cc1ccccc1)N(Cc1ccccc1C)C(=O)COc1ccc(C)cc1C. The molecule has 3 rings (SSSR count). The van der Waals surface area contributed by atoms with Crippen LogP contribution in [0.25, 0.3) is 0 Å². The molecule has 0 saturated carbocycles. The molecule has 3 aromatic rings. The average Bonchev–Trinajstić information content (AvgIpc) is 2.87. The molecule has 0 aliphatic rings. The van der Waals surface area contributed by atoms with Gasteiger partial charge in [-0.1, -0.05) is 79.2 Å². The first-order valence-corrected chi connectivity index (χ1v) is 12.7. The molecule has 1 N–H and O–H groups in total. The molecule has 36 heavy (non-hydrogen) atoms. The molecule has 0 radical (unpaired) electrons. The Bertz CT molecular complexity index is 1160. The van der Waals surface area contributed by atoms with Crippen LogP contribution in [-0.2, 0) is 22.6 Å². The minimum atomic E-state index is -0.670. The van der Waals surface area contributed by atoms with Crippen molar-refractivity contribution in [3.05, 3.63) is 101 Å². The highest BCUT2D eigenvalue weighted by molar-refractivity contribution is 5.88. The van der Waals surface area contributed by atoms with Gasteiger partial charge in [0.2, 0.25) is 5.91 Å². The van der Waals surface area contributed by atoms with E-state index in [9.17, 15) is 9.59 Å². The minimum Gasteiger partial charge on any atom is -0.483 e. The summed E-state index contributed by atoms with van der Waals surface area (Å²) >= 11 is 0. The smallest absolute Gasteiger partial charge is 0.261 e. The third kappa shape index (κ3) is 7.45. The first-order valence-electron chi connectivity index (χ1n) is 12.7. The van der Waals surface area contributed by atoms with Crippen LogP contribution in [0.4, 0.5) is 0 Å². The molecule has 5 nitrogen and oxygen atoms in total. The number of hydrogen-bond acceptors (Lipinski definition) is 3. The van der Waals surface area contributed by atoms with Crippen LogP contribution < -0.4 is 10.1 Å². The van der Waals surface area contributed by atoms with Crippen molar-refractivity contribution in [2.24, 2.45) is 0 Å². The van der Waals surface area contributed by atoms with Crippen LogP contribution in [0.2, 0.25) is 0 Å². The third-order valence-electron chi connectivity index (χ3n) is 6.56. The van der Waals surface area contributed by atoms with E-state index in [1.165, 1.54) is 0 Å². The van der Waals surface area contributed by atoms with E-state index >= 15 is 0 Å². The quantitative estimate of drug-likeness (QED) is 0.387. The summed E-state index contributed by atoms with van der Waals surface area (Å²) < 4.78 is 5.96. The molecule has 0 spiro atoms. The summed E-state index contributed by atoms with van der Waals surface area (Å²) in [7, 11) is 0. The number of carbonyl (C=O) groups is 2. The highest BCUT2D eigenvalue weighted by Gasteiger charge is 2.31. The van der Waals surface area contributed by atoms with Gasteiger partial charge in [0.1, 0.15) is 11.8 Å². The van der Waals surface area contributed by atoms with Crippen molar-refractivity contribution in [1.82, 2.24) is 10.2 Å². The van der Waals surface area contributed by atoms with Gasteiger partial charge in [0.05, 0.1) is 0 Å². The Hall–Kier alpha value is -3.60. The number of benzene rings is 3. The van der Waals surface area contributed by atoms with Gasteiger partial charge in [0, 0.05) is 19.0 Å². The average molecular weight is 487 g/mol. The highest BCUT2D eigenvalue weighted by Crippen LogP contribution is 2.21. The molecule has 190 valence electrons. The first-order chi connectivity index (χ1) is 17.3. The molecule has 5 heteroatoms. The monoisotopic (exact) mass is 486 g/mol. The molecule has 2 atom stereocenters. The van der Waals surface area contributed by atoms with E-state index in [4.69, 9.17) is 4.74 Å². The molecule has 0 aromatic heterocycles. The normalized spacial score (nSPS) is 12.5. The summed E-state index contributed by atoms with van der Waals surface area (Å²) in [5.74, 6) is 0.300. The summed E-state index contributed by atoms with van der Waals surface area (Å²) in [5.41, 5.74) is 5.19. The van der Waals surface area contributed by atoms with Crippen LogP contribution in [-0.4, -0.2) is 35.4 Å². The van der Waals surface area contributed by atoms with Crippen LogP contribution in [0.5, 0.6) is 5.75 Å². The van der Waals surface area contributed by atoms with Crippen LogP contribution in [0, 0.1) is 20.8 Å². The second-order valence-corrected chi connectivity index (χ2v) is 9.53. The van der Waals surface area contributed by atoms with E-state index in [-0.39, 0.29) is 24.5 Å². The Kier molecular flexibility index (Phi) is 9.69. The van der Waals surface area contributed by atoms with Crippen molar-refractivity contribution >= 4 is 11.8 Å². The van der Waals surface area contributed by atoms with Crippen LogP contribution in [0.3, 0.4) is 0 Å². The number of nitrogens with one attached hydrogen (secondary N) is 1. The fourth-order valence-corrected chi connectivity index (χ4v) is 4.15. The summed E-state index contributed by atoms with van der Waals surface area (Å²) in [6.07, 6.45) is 1.23. The van der Waals surface area contributed by atoms with Crippen molar-refractivity contribution in [3.8, 4) is 5.75 Å². The zero-order valence-corrected chi connectivity index (χ0v) is 22.1. The number of nitrogens with zero attached hydrogens (tertiary/aromatic N) is 1. The Morgan fingerprint density at radius 3 is 2.28 bits per heavy atom. The lowest BCUT2D eigenvalue weighted by atomic mass is 10.0.